The fourth-order valence-electron chi connectivity index (χ4n) is 5.26. The van der Waals surface area contributed by atoms with Crippen LogP contribution in [0.1, 0.15) is 31.9 Å². The van der Waals surface area contributed by atoms with E-state index in [4.69, 9.17) is 0 Å². The Morgan fingerprint density at radius 1 is 1.18 bits per heavy atom. The zero-order valence-electron chi connectivity index (χ0n) is 18.4. The molecule has 10 heteroatoms. The summed E-state index contributed by atoms with van der Waals surface area (Å²) >= 11 is 0. The summed E-state index contributed by atoms with van der Waals surface area (Å²) in [4.78, 5) is 26.9. The third-order valence-electron chi connectivity index (χ3n) is 7.30. The molecule has 0 radical (unpaired) electrons. The number of alkyl halides is 3. The van der Waals surface area contributed by atoms with Crippen LogP contribution in [0.15, 0.2) is 48.9 Å². The summed E-state index contributed by atoms with van der Waals surface area (Å²) in [7, 11) is -4.26. The van der Waals surface area contributed by atoms with E-state index in [1.165, 1.54) is 6.92 Å². The Kier molecular flexibility index (Phi) is 4.65. The van der Waals surface area contributed by atoms with E-state index in [0.29, 0.717) is 22.8 Å². The smallest absolute Gasteiger partial charge is 0.380 e. The molecule has 3 atom stereocenters. The first-order valence-electron chi connectivity index (χ1n) is 10.1. The van der Waals surface area contributed by atoms with E-state index in [2.05, 4.69) is 10.8 Å². The Morgan fingerprint density at radius 3 is 2.36 bits per heavy atom. The molecule has 2 aliphatic rings. The first-order chi connectivity index (χ1) is 15.1. The van der Waals surface area contributed by atoms with Gasteiger partial charge in [-0.1, -0.05) is 32.1 Å². The van der Waals surface area contributed by atoms with Crippen molar-refractivity contribution in [3.05, 3.63) is 60.0 Å². The number of rotatable bonds is 4. The van der Waals surface area contributed by atoms with Gasteiger partial charge in [-0.15, -0.1) is 6.58 Å². The number of ketones is 1. The number of hydrogen-bond acceptors (Lipinski definition) is 5. The average molecular weight is 481 g/mol. The topological polar surface area (TPSA) is 82.4 Å². The maximum Gasteiger partial charge on any atom is 0.534 e. The van der Waals surface area contributed by atoms with Crippen molar-refractivity contribution in [3.63, 3.8) is 0 Å². The summed E-state index contributed by atoms with van der Waals surface area (Å²) in [5, 5.41) is 0.620. The Labute approximate surface area is 188 Å². The van der Waals surface area contributed by atoms with E-state index in [1.807, 2.05) is 17.8 Å². The number of aryl methyl sites for hydroxylation is 1. The van der Waals surface area contributed by atoms with Crippen LogP contribution >= 0.6 is 0 Å². The van der Waals surface area contributed by atoms with Crippen molar-refractivity contribution in [2.24, 2.45) is 18.4 Å². The van der Waals surface area contributed by atoms with Gasteiger partial charge in [0.25, 0.3) is 0 Å². The SMILES string of the molecule is C=C[C@]1(C)C(OS(=O)(=O)C(F)(F)F)=C[C@H]2C(=O)[C@]1(C=O)c1cccc3c1c(cn3C)C2(C)C. The van der Waals surface area contributed by atoms with Gasteiger partial charge in [-0.05, 0) is 30.2 Å². The van der Waals surface area contributed by atoms with Gasteiger partial charge in [-0.25, -0.2) is 0 Å². The highest BCUT2D eigenvalue weighted by atomic mass is 32.2. The van der Waals surface area contributed by atoms with E-state index >= 15 is 0 Å². The van der Waals surface area contributed by atoms with Crippen LogP contribution in [0.3, 0.4) is 0 Å². The molecule has 0 spiro atoms. The fourth-order valence-corrected chi connectivity index (χ4v) is 5.82. The first-order valence-corrected chi connectivity index (χ1v) is 11.5. The van der Waals surface area contributed by atoms with Gasteiger partial charge in [0.15, 0.2) is 5.78 Å². The van der Waals surface area contributed by atoms with E-state index in [0.717, 1.165) is 12.2 Å². The van der Waals surface area contributed by atoms with Gasteiger partial charge >= 0.3 is 15.6 Å². The minimum Gasteiger partial charge on any atom is -0.380 e. The molecule has 0 N–H and O–H groups in total. The van der Waals surface area contributed by atoms with Crippen molar-refractivity contribution < 1.29 is 35.4 Å². The van der Waals surface area contributed by atoms with Gasteiger partial charge in [0, 0.05) is 35.5 Å². The number of nitrogens with zero attached hydrogens (tertiary/aromatic N) is 1. The predicted molar refractivity (Wildman–Crippen MR) is 115 cm³/mol. The van der Waals surface area contributed by atoms with Gasteiger partial charge < -0.3 is 13.5 Å². The van der Waals surface area contributed by atoms with Crippen LogP contribution in [-0.4, -0.2) is 30.6 Å². The molecule has 1 aromatic carbocycles. The number of Topliss-reactive ketones (excluding diaryl/α,β-unsaturated/α-hetero) is 1. The number of benzene rings is 1. The van der Waals surface area contributed by atoms with Crippen LogP contribution in [0.5, 0.6) is 0 Å². The average Bonchev–Trinajstić information content (AvgIpc) is 3.05. The molecule has 4 rings (SSSR count). The lowest BCUT2D eigenvalue weighted by Gasteiger charge is -2.48. The summed E-state index contributed by atoms with van der Waals surface area (Å²) in [6.07, 6.45) is 4.40. The van der Waals surface area contributed by atoms with Crippen molar-refractivity contribution >= 4 is 33.1 Å². The molecular weight excluding hydrogens is 459 g/mol. The monoisotopic (exact) mass is 481 g/mol. The van der Waals surface area contributed by atoms with Gasteiger partial charge in [-0.3, -0.25) is 4.79 Å². The second kappa shape index (κ2) is 6.59. The number of aldehydes is 1. The summed E-state index contributed by atoms with van der Waals surface area (Å²) in [5.74, 6) is -2.37. The molecular formula is C23H22F3NO5S. The zero-order chi connectivity index (χ0) is 24.8. The van der Waals surface area contributed by atoms with Gasteiger partial charge in [0.2, 0.25) is 0 Å². The highest BCUT2D eigenvalue weighted by molar-refractivity contribution is 7.87. The lowest BCUT2D eigenvalue weighted by atomic mass is 9.52. The van der Waals surface area contributed by atoms with Gasteiger partial charge in [0.1, 0.15) is 17.5 Å². The minimum absolute atomic E-state index is 0.271. The molecule has 176 valence electrons. The number of halogens is 3. The quantitative estimate of drug-likeness (QED) is 0.216. The molecule has 1 heterocycles. The van der Waals surface area contributed by atoms with Crippen molar-refractivity contribution in [2.75, 3.05) is 0 Å². The van der Waals surface area contributed by atoms with Crippen LogP contribution < -0.4 is 0 Å². The fraction of sp³-hybridized carbons (Fsp3) is 0.391. The molecule has 6 nitrogen and oxygen atoms in total. The number of carbonyl (C=O) groups is 2. The summed E-state index contributed by atoms with van der Waals surface area (Å²) in [5.41, 5.74) is -8.98. The molecule has 0 saturated carbocycles. The van der Waals surface area contributed by atoms with Gasteiger partial charge in [0.05, 0.1) is 5.41 Å². The first kappa shape index (κ1) is 23.3. The van der Waals surface area contributed by atoms with Crippen LogP contribution in [-0.2, 0) is 41.8 Å². The van der Waals surface area contributed by atoms with Crippen LogP contribution in [0.2, 0.25) is 0 Å². The number of fused-ring (bicyclic) bond motifs is 3. The summed E-state index contributed by atoms with van der Waals surface area (Å²) < 4.78 is 70.0. The number of aromatic nitrogens is 1. The van der Waals surface area contributed by atoms with E-state index in [9.17, 15) is 31.2 Å². The zero-order valence-corrected chi connectivity index (χ0v) is 19.2. The molecule has 0 unspecified atom stereocenters. The largest absolute Gasteiger partial charge is 0.534 e. The van der Waals surface area contributed by atoms with Gasteiger partial charge in [-0.2, -0.15) is 21.6 Å². The molecule has 33 heavy (non-hydrogen) atoms. The van der Waals surface area contributed by atoms with Crippen LogP contribution in [0.25, 0.3) is 10.9 Å². The number of carbonyl (C=O) groups excluding carboxylic acids is 2. The van der Waals surface area contributed by atoms with E-state index in [-0.39, 0.29) is 5.56 Å². The normalized spacial score (nSPS) is 28.8. The molecule has 0 aliphatic heterocycles. The second-order valence-corrected chi connectivity index (χ2v) is 10.8. The van der Waals surface area contributed by atoms with Crippen LogP contribution in [0.4, 0.5) is 13.2 Å². The molecule has 2 bridgehead atoms. The number of allylic oxidation sites excluding steroid dienone is 2. The predicted octanol–water partition coefficient (Wildman–Crippen LogP) is 4.05. The summed E-state index contributed by atoms with van der Waals surface area (Å²) in [6, 6.07) is 5.02. The Morgan fingerprint density at radius 2 is 1.82 bits per heavy atom. The van der Waals surface area contributed by atoms with Crippen LogP contribution in [0, 0.1) is 11.3 Å². The third-order valence-corrected chi connectivity index (χ3v) is 8.27. The highest BCUT2D eigenvalue weighted by Gasteiger charge is 2.66. The minimum atomic E-state index is -6.07. The van der Waals surface area contributed by atoms with Crippen molar-refractivity contribution in [1.82, 2.24) is 4.57 Å². The molecule has 2 aromatic rings. The van der Waals surface area contributed by atoms with E-state index < -0.39 is 49.3 Å². The Balaban J connectivity index is 2.17. The second-order valence-electron chi connectivity index (χ2n) is 9.26. The number of hydrogen-bond donors (Lipinski definition) is 0. The standard InChI is InChI=1S/C23H22F3NO5S/c1-6-21(4)17(32-33(30,31)23(24,25)26)10-14-19(29)22(21,12-28)13-8-7-9-16-18(13)15(11-27(16)5)20(14,2)3/h6-12,14H,1H2,2-5H3/t14-,21+,22-/m0/s1. The van der Waals surface area contributed by atoms with Crippen molar-refractivity contribution in [3.8, 4) is 0 Å². The Bertz CT molecular complexity index is 1370. The molecule has 0 amide bonds. The molecule has 0 fully saturated rings. The lowest BCUT2D eigenvalue weighted by Crippen LogP contribution is -2.58. The Hall–Kier alpha value is -2.88. The van der Waals surface area contributed by atoms with Crippen molar-refractivity contribution in [2.45, 2.75) is 37.1 Å². The van der Waals surface area contributed by atoms with Crippen molar-refractivity contribution in [1.29, 1.82) is 0 Å². The molecule has 0 saturated heterocycles. The molecule has 2 aliphatic carbocycles. The van der Waals surface area contributed by atoms with E-state index in [1.54, 1.807) is 32.0 Å². The third kappa shape index (κ3) is 2.64. The maximum absolute atomic E-state index is 14.0. The molecule has 1 aromatic heterocycles. The maximum atomic E-state index is 14.0. The highest BCUT2D eigenvalue weighted by Crippen LogP contribution is 2.60. The lowest BCUT2D eigenvalue weighted by molar-refractivity contribution is -0.138. The summed E-state index contributed by atoms with van der Waals surface area (Å²) in [6.45, 7) is 8.40.